The number of nitrogens with one attached hydrogen (secondary N) is 2. The molecule has 7 heteroatoms. The van der Waals surface area contributed by atoms with Crippen LogP contribution in [0.4, 0.5) is 5.82 Å². The van der Waals surface area contributed by atoms with Crippen molar-refractivity contribution in [2.75, 3.05) is 37.6 Å². The van der Waals surface area contributed by atoms with Gasteiger partial charge >= 0.3 is 0 Å². The highest BCUT2D eigenvalue weighted by molar-refractivity contribution is 14.0. The van der Waals surface area contributed by atoms with Crippen molar-refractivity contribution in [1.29, 1.82) is 0 Å². The fourth-order valence-corrected chi connectivity index (χ4v) is 4.83. The maximum atomic E-state index is 4.82. The topological polar surface area (TPSA) is 55.8 Å². The molecular formula is C22H37IN6. The summed E-state index contributed by atoms with van der Waals surface area (Å²) in [6, 6.07) is 5.65. The van der Waals surface area contributed by atoms with Crippen molar-refractivity contribution in [2.24, 2.45) is 4.99 Å². The van der Waals surface area contributed by atoms with E-state index in [9.17, 15) is 0 Å². The molecule has 162 valence electrons. The molecule has 1 aromatic rings. The van der Waals surface area contributed by atoms with Gasteiger partial charge in [0.2, 0.25) is 0 Å². The molecule has 0 bridgehead atoms. The molecule has 3 heterocycles. The number of rotatable bonds is 6. The molecule has 1 unspecified atom stereocenters. The van der Waals surface area contributed by atoms with Gasteiger partial charge in [0.05, 0.1) is 6.54 Å². The molecule has 29 heavy (non-hydrogen) atoms. The van der Waals surface area contributed by atoms with E-state index in [2.05, 4.69) is 44.5 Å². The van der Waals surface area contributed by atoms with Crippen molar-refractivity contribution < 1.29 is 0 Å². The summed E-state index contributed by atoms with van der Waals surface area (Å²) < 4.78 is 0. The Morgan fingerprint density at radius 1 is 1.10 bits per heavy atom. The standard InChI is InChI=1S/C22H36N6.HI/c1-2-23-22(26-19-11-14-28(17-19)20-7-3-4-8-20)25-16-18-9-10-21(24-15-18)27-12-5-6-13-27;/h9-10,15,19-20H,2-8,11-14,16-17H2,1H3,(H2,23,25,26);1H. The molecule has 1 atom stereocenters. The van der Waals surface area contributed by atoms with Crippen molar-refractivity contribution in [3.63, 3.8) is 0 Å². The monoisotopic (exact) mass is 512 g/mol. The first-order valence-electron chi connectivity index (χ1n) is 11.3. The van der Waals surface area contributed by atoms with Gasteiger partial charge in [-0.15, -0.1) is 24.0 Å². The van der Waals surface area contributed by atoms with Crippen molar-refractivity contribution in [1.82, 2.24) is 20.5 Å². The number of halogens is 1. The molecular weight excluding hydrogens is 475 g/mol. The average molecular weight is 512 g/mol. The van der Waals surface area contributed by atoms with Gasteiger partial charge in [-0.2, -0.15) is 0 Å². The lowest BCUT2D eigenvalue weighted by Gasteiger charge is -2.24. The van der Waals surface area contributed by atoms with Gasteiger partial charge in [0.25, 0.3) is 0 Å². The van der Waals surface area contributed by atoms with Gasteiger partial charge in [-0.25, -0.2) is 9.98 Å². The summed E-state index contributed by atoms with van der Waals surface area (Å²) in [4.78, 5) is 14.5. The molecule has 1 saturated carbocycles. The molecule has 3 fully saturated rings. The van der Waals surface area contributed by atoms with E-state index in [1.165, 1.54) is 57.1 Å². The molecule has 0 aromatic carbocycles. The van der Waals surface area contributed by atoms with E-state index in [1.807, 2.05) is 6.20 Å². The van der Waals surface area contributed by atoms with Crippen LogP contribution in [-0.4, -0.2) is 60.7 Å². The van der Waals surface area contributed by atoms with E-state index in [0.717, 1.165) is 44.0 Å². The molecule has 2 saturated heterocycles. The Balaban J connectivity index is 0.00000240. The summed E-state index contributed by atoms with van der Waals surface area (Å²) in [7, 11) is 0. The smallest absolute Gasteiger partial charge is 0.191 e. The number of anilines is 1. The van der Waals surface area contributed by atoms with Crippen LogP contribution in [0.25, 0.3) is 0 Å². The minimum Gasteiger partial charge on any atom is -0.357 e. The van der Waals surface area contributed by atoms with E-state index < -0.39 is 0 Å². The first kappa shape index (κ1) is 22.6. The minimum absolute atomic E-state index is 0. The Morgan fingerprint density at radius 2 is 1.90 bits per heavy atom. The fourth-order valence-electron chi connectivity index (χ4n) is 4.83. The highest BCUT2D eigenvalue weighted by Crippen LogP contribution is 2.26. The molecule has 3 aliphatic rings. The SMILES string of the molecule is CCNC(=NCc1ccc(N2CCCC2)nc1)NC1CCN(C2CCCC2)C1.I. The van der Waals surface area contributed by atoms with Gasteiger partial charge in [-0.3, -0.25) is 4.90 Å². The maximum Gasteiger partial charge on any atom is 0.191 e. The maximum absolute atomic E-state index is 4.82. The molecule has 0 amide bonds. The number of hydrogen-bond acceptors (Lipinski definition) is 4. The minimum atomic E-state index is 0. The molecule has 2 aliphatic heterocycles. The van der Waals surface area contributed by atoms with Crippen LogP contribution in [0.3, 0.4) is 0 Å². The van der Waals surface area contributed by atoms with E-state index in [-0.39, 0.29) is 24.0 Å². The first-order chi connectivity index (χ1) is 13.8. The molecule has 6 nitrogen and oxygen atoms in total. The predicted octanol–water partition coefficient (Wildman–Crippen LogP) is 3.37. The van der Waals surface area contributed by atoms with Crippen LogP contribution >= 0.6 is 24.0 Å². The second-order valence-electron chi connectivity index (χ2n) is 8.48. The summed E-state index contributed by atoms with van der Waals surface area (Å²) in [6.07, 6.45) is 11.4. The van der Waals surface area contributed by atoms with Crippen LogP contribution in [0, 0.1) is 0 Å². The van der Waals surface area contributed by atoms with Gasteiger partial charge in [-0.05, 0) is 50.7 Å². The van der Waals surface area contributed by atoms with Gasteiger partial charge in [0, 0.05) is 51.0 Å². The second kappa shape index (κ2) is 11.3. The Kier molecular flexibility index (Phi) is 8.84. The van der Waals surface area contributed by atoms with Crippen molar-refractivity contribution >= 4 is 35.8 Å². The molecule has 0 radical (unpaired) electrons. The zero-order valence-corrected chi connectivity index (χ0v) is 20.1. The van der Waals surface area contributed by atoms with E-state index in [4.69, 9.17) is 4.99 Å². The largest absolute Gasteiger partial charge is 0.357 e. The van der Waals surface area contributed by atoms with Crippen LogP contribution in [0.15, 0.2) is 23.3 Å². The highest BCUT2D eigenvalue weighted by Gasteiger charge is 2.30. The Bertz CT molecular complexity index is 637. The van der Waals surface area contributed by atoms with Crippen LogP contribution in [0.2, 0.25) is 0 Å². The summed E-state index contributed by atoms with van der Waals surface area (Å²) in [5.41, 5.74) is 1.17. The predicted molar refractivity (Wildman–Crippen MR) is 131 cm³/mol. The second-order valence-corrected chi connectivity index (χ2v) is 8.48. The third kappa shape index (κ3) is 6.20. The average Bonchev–Trinajstić information content (AvgIpc) is 3.49. The van der Waals surface area contributed by atoms with Crippen LogP contribution in [0.1, 0.15) is 57.4 Å². The number of nitrogens with zero attached hydrogens (tertiary/aromatic N) is 4. The zero-order chi connectivity index (χ0) is 19.2. The Labute approximate surface area is 192 Å². The number of pyridine rings is 1. The number of likely N-dealkylation sites (tertiary alicyclic amines) is 1. The fraction of sp³-hybridized carbons (Fsp3) is 0.727. The molecule has 1 aliphatic carbocycles. The lowest BCUT2D eigenvalue weighted by Crippen LogP contribution is -2.45. The number of aromatic nitrogens is 1. The summed E-state index contributed by atoms with van der Waals surface area (Å²) in [6.45, 7) is 8.34. The highest BCUT2D eigenvalue weighted by atomic mass is 127. The molecule has 0 spiro atoms. The Morgan fingerprint density at radius 3 is 2.59 bits per heavy atom. The lowest BCUT2D eigenvalue weighted by atomic mass is 10.2. The number of hydrogen-bond donors (Lipinski definition) is 2. The normalized spacial score (nSPS) is 23.4. The van der Waals surface area contributed by atoms with Crippen LogP contribution in [0.5, 0.6) is 0 Å². The van der Waals surface area contributed by atoms with Gasteiger partial charge in [0.15, 0.2) is 5.96 Å². The van der Waals surface area contributed by atoms with Crippen LogP contribution < -0.4 is 15.5 Å². The Hall–Kier alpha value is -1.09. The number of aliphatic imine (C=N–C) groups is 1. The zero-order valence-electron chi connectivity index (χ0n) is 17.8. The van der Waals surface area contributed by atoms with Gasteiger partial charge in [0.1, 0.15) is 5.82 Å². The summed E-state index contributed by atoms with van der Waals surface area (Å²) >= 11 is 0. The molecule has 4 rings (SSSR count). The lowest BCUT2D eigenvalue weighted by molar-refractivity contribution is 0.242. The first-order valence-corrected chi connectivity index (χ1v) is 11.3. The number of guanidine groups is 1. The van der Waals surface area contributed by atoms with E-state index in [0.29, 0.717) is 12.6 Å². The van der Waals surface area contributed by atoms with Gasteiger partial charge in [-0.1, -0.05) is 18.9 Å². The molecule has 1 aromatic heterocycles. The van der Waals surface area contributed by atoms with Crippen LogP contribution in [-0.2, 0) is 6.54 Å². The summed E-state index contributed by atoms with van der Waals surface area (Å²) in [5, 5.41) is 7.08. The van der Waals surface area contributed by atoms with E-state index in [1.54, 1.807) is 0 Å². The van der Waals surface area contributed by atoms with Gasteiger partial charge < -0.3 is 15.5 Å². The third-order valence-corrected chi connectivity index (χ3v) is 6.40. The molecule has 2 N–H and O–H groups in total. The summed E-state index contributed by atoms with van der Waals surface area (Å²) in [5.74, 6) is 2.04. The van der Waals surface area contributed by atoms with E-state index >= 15 is 0 Å². The third-order valence-electron chi connectivity index (χ3n) is 6.40. The quantitative estimate of drug-likeness (QED) is 0.348. The van der Waals surface area contributed by atoms with Crippen molar-refractivity contribution in [3.8, 4) is 0 Å². The van der Waals surface area contributed by atoms with Crippen molar-refractivity contribution in [2.45, 2.75) is 70.5 Å². The van der Waals surface area contributed by atoms with Crippen molar-refractivity contribution in [3.05, 3.63) is 23.9 Å².